The SMILES string of the molecule is CCOC(=O)COP(=O)(CNC(Cc1ccc(-c2ccccc2)cc1OC)c1nn[nH]n1)OCC(=O)OCC. The Bertz CT molecular complexity index is 1220. The number of tetrazole rings is 1. The Morgan fingerprint density at radius 3 is 2.21 bits per heavy atom. The second-order valence-electron chi connectivity index (χ2n) is 8.05. The summed E-state index contributed by atoms with van der Waals surface area (Å²) in [5, 5.41) is 17.2. The van der Waals surface area contributed by atoms with Gasteiger partial charge < -0.3 is 14.2 Å². The van der Waals surface area contributed by atoms with Gasteiger partial charge in [0, 0.05) is 0 Å². The van der Waals surface area contributed by atoms with Gasteiger partial charge in [0.05, 0.1) is 32.7 Å². The number of H-pyrrole nitrogens is 1. The van der Waals surface area contributed by atoms with Crippen molar-refractivity contribution in [2.24, 2.45) is 0 Å². The van der Waals surface area contributed by atoms with E-state index in [1.54, 1.807) is 21.0 Å². The third kappa shape index (κ3) is 9.25. The molecule has 0 spiro atoms. The van der Waals surface area contributed by atoms with Gasteiger partial charge in [0.1, 0.15) is 5.75 Å². The van der Waals surface area contributed by atoms with Crippen LogP contribution in [0, 0.1) is 0 Å². The van der Waals surface area contributed by atoms with Crippen molar-refractivity contribution in [2.75, 3.05) is 39.8 Å². The molecule has 0 radical (unpaired) electrons. The zero-order valence-electron chi connectivity index (χ0n) is 22.0. The van der Waals surface area contributed by atoms with E-state index in [9.17, 15) is 14.2 Å². The highest BCUT2D eigenvalue weighted by Crippen LogP contribution is 2.47. The number of hydrogen-bond acceptors (Lipinski definition) is 12. The summed E-state index contributed by atoms with van der Waals surface area (Å²) in [6.45, 7) is 2.26. The van der Waals surface area contributed by atoms with Crippen molar-refractivity contribution in [3.63, 3.8) is 0 Å². The van der Waals surface area contributed by atoms with Crippen molar-refractivity contribution in [1.29, 1.82) is 0 Å². The quantitative estimate of drug-likeness (QED) is 0.194. The summed E-state index contributed by atoms with van der Waals surface area (Å²) < 4.78 is 39.4. The van der Waals surface area contributed by atoms with Crippen LogP contribution in [0.3, 0.4) is 0 Å². The predicted octanol–water partition coefficient (Wildman–Crippen LogP) is 3.06. The highest BCUT2D eigenvalue weighted by molar-refractivity contribution is 7.53. The van der Waals surface area contributed by atoms with Crippen LogP contribution in [-0.2, 0) is 39.1 Å². The number of aromatic amines is 1. The first kappa shape index (κ1) is 29.9. The number of ether oxygens (including phenoxy) is 3. The van der Waals surface area contributed by atoms with Gasteiger partial charge in [0.25, 0.3) is 0 Å². The summed E-state index contributed by atoms with van der Waals surface area (Å²) >= 11 is 0. The molecule has 0 bridgehead atoms. The maximum atomic E-state index is 13.5. The van der Waals surface area contributed by atoms with Gasteiger partial charge in [-0.15, -0.1) is 10.2 Å². The fourth-order valence-electron chi connectivity index (χ4n) is 3.57. The molecule has 1 atom stereocenters. The molecule has 39 heavy (non-hydrogen) atoms. The fourth-order valence-corrected chi connectivity index (χ4v) is 4.88. The normalized spacial score (nSPS) is 12.1. The number of benzene rings is 2. The molecule has 2 aromatic carbocycles. The van der Waals surface area contributed by atoms with E-state index in [4.69, 9.17) is 23.3 Å². The molecule has 3 aromatic rings. The van der Waals surface area contributed by atoms with E-state index in [0.29, 0.717) is 12.2 Å². The van der Waals surface area contributed by atoms with Gasteiger partial charge in [0.2, 0.25) is 0 Å². The van der Waals surface area contributed by atoms with E-state index in [1.807, 2.05) is 48.5 Å². The number of aromatic nitrogens is 4. The van der Waals surface area contributed by atoms with Crippen LogP contribution in [0.15, 0.2) is 48.5 Å². The molecule has 0 aliphatic rings. The summed E-state index contributed by atoms with van der Waals surface area (Å²) in [6.07, 6.45) is -0.0665. The maximum Gasteiger partial charge on any atom is 0.345 e. The Hall–Kier alpha value is -3.64. The Labute approximate surface area is 226 Å². The monoisotopic (exact) mass is 561 g/mol. The van der Waals surface area contributed by atoms with Gasteiger partial charge in [-0.25, -0.2) is 9.59 Å². The minimum atomic E-state index is -4.03. The van der Waals surface area contributed by atoms with Crippen LogP contribution >= 0.6 is 7.60 Å². The first-order valence-electron chi connectivity index (χ1n) is 12.3. The largest absolute Gasteiger partial charge is 0.496 e. The van der Waals surface area contributed by atoms with Gasteiger partial charge in [-0.3, -0.25) is 18.9 Å². The molecule has 0 aliphatic heterocycles. The first-order valence-corrected chi connectivity index (χ1v) is 14.0. The second kappa shape index (κ2) is 15.1. The average molecular weight is 562 g/mol. The topological polar surface area (TPSA) is 164 Å². The number of methoxy groups -OCH3 is 1. The van der Waals surface area contributed by atoms with Gasteiger partial charge in [-0.2, -0.15) is 5.21 Å². The van der Waals surface area contributed by atoms with Crippen molar-refractivity contribution >= 4 is 19.5 Å². The summed E-state index contributed by atoms with van der Waals surface area (Å²) in [4.78, 5) is 23.6. The average Bonchev–Trinajstić information content (AvgIpc) is 3.49. The Balaban J connectivity index is 1.79. The van der Waals surface area contributed by atoms with Crippen molar-refractivity contribution in [2.45, 2.75) is 26.3 Å². The van der Waals surface area contributed by atoms with Crippen molar-refractivity contribution < 1.29 is 37.4 Å². The molecule has 1 unspecified atom stereocenters. The number of nitrogens with one attached hydrogen (secondary N) is 2. The molecule has 1 aromatic heterocycles. The molecular formula is C25H32N5O8P. The zero-order valence-corrected chi connectivity index (χ0v) is 22.9. The van der Waals surface area contributed by atoms with E-state index in [2.05, 4.69) is 25.9 Å². The molecule has 0 amide bonds. The summed E-state index contributed by atoms with van der Waals surface area (Å²) in [5.41, 5.74) is 2.83. The third-order valence-electron chi connectivity index (χ3n) is 5.39. The lowest BCUT2D eigenvalue weighted by atomic mass is 9.99. The van der Waals surface area contributed by atoms with E-state index >= 15 is 0 Å². The minimum Gasteiger partial charge on any atom is -0.496 e. The predicted molar refractivity (Wildman–Crippen MR) is 140 cm³/mol. The lowest BCUT2D eigenvalue weighted by Gasteiger charge is -2.22. The Morgan fingerprint density at radius 2 is 1.64 bits per heavy atom. The van der Waals surface area contributed by atoms with Crippen LogP contribution in [0.2, 0.25) is 0 Å². The molecule has 0 saturated carbocycles. The van der Waals surface area contributed by atoms with Gasteiger partial charge in [-0.1, -0.05) is 47.7 Å². The van der Waals surface area contributed by atoms with Gasteiger partial charge in [0.15, 0.2) is 19.0 Å². The Morgan fingerprint density at radius 1 is 0.974 bits per heavy atom. The molecule has 3 rings (SSSR count). The van der Waals surface area contributed by atoms with Crippen LogP contribution in [-0.4, -0.2) is 72.4 Å². The molecule has 0 fully saturated rings. The van der Waals surface area contributed by atoms with Gasteiger partial charge in [-0.05, 0) is 43.0 Å². The zero-order chi connectivity index (χ0) is 28.1. The number of carbonyl (C=O) groups is 2. The van der Waals surface area contributed by atoms with E-state index < -0.39 is 38.8 Å². The van der Waals surface area contributed by atoms with Crippen LogP contribution in [0.1, 0.15) is 31.3 Å². The smallest absolute Gasteiger partial charge is 0.345 e. The summed E-state index contributed by atoms with van der Waals surface area (Å²) in [6, 6.07) is 15.1. The maximum absolute atomic E-state index is 13.5. The van der Waals surface area contributed by atoms with Crippen LogP contribution < -0.4 is 10.1 Å². The lowest BCUT2D eigenvalue weighted by molar-refractivity contribution is -0.146. The highest BCUT2D eigenvalue weighted by atomic mass is 31.2. The highest BCUT2D eigenvalue weighted by Gasteiger charge is 2.30. The van der Waals surface area contributed by atoms with E-state index in [0.717, 1.165) is 16.7 Å². The number of hydrogen-bond donors (Lipinski definition) is 2. The van der Waals surface area contributed by atoms with E-state index in [1.165, 1.54) is 0 Å². The molecule has 13 nitrogen and oxygen atoms in total. The standard InChI is InChI=1S/C25H32N5O8P/c1-4-35-23(31)15-37-39(33,38-16-24(32)36-5-2)17-26-21(25-27-29-30-28-25)13-20-12-11-19(14-22(20)34-3)18-9-7-6-8-10-18/h6-12,14,21,26H,4-5,13,15-17H2,1-3H3,(H,27,28,29,30). The Kier molecular flexibility index (Phi) is 11.6. The number of rotatable bonds is 16. The first-order chi connectivity index (χ1) is 18.9. The second-order valence-corrected chi connectivity index (χ2v) is 10.1. The van der Waals surface area contributed by atoms with Gasteiger partial charge >= 0.3 is 19.5 Å². The molecule has 2 N–H and O–H groups in total. The van der Waals surface area contributed by atoms with Crippen LogP contribution in [0.25, 0.3) is 11.1 Å². The van der Waals surface area contributed by atoms with Crippen molar-refractivity contribution in [1.82, 2.24) is 25.9 Å². The molecule has 0 aliphatic carbocycles. The van der Waals surface area contributed by atoms with Crippen LogP contribution in [0.5, 0.6) is 5.75 Å². The number of carbonyl (C=O) groups excluding carboxylic acids is 2. The van der Waals surface area contributed by atoms with Crippen LogP contribution in [0.4, 0.5) is 0 Å². The molecule has 210 valence electrons. The molecule has 0 saturated heterocycles. The lowest BCUT2D eigenvalue weighted by Crippen LogP contribution is -2.28. The fraction of sp³-hybridized carbons (Fsp3) is 0.400. The number of nitrogens with zero attached hydrogens (tertiary/aromatic N) is 3. The third-order valence-corrected chi connectivity index (χ3v) is 7.01. The van der Waals surface area contributed by atoms with E-state index in [-0.39, 0.29) is 25.3 Å². The minimum absolute atomic E-state index is 0.124. The molecular weight excluding hydrogens is 529 g/mol. The number of esters is 2. The molecule has 14 heteroatoms. The van der Waals surface area contributed by atoms with Crippen molar-refractivity contribution in [3.05, 3.63) is 59.9 Å². The summed E-state index contributed by atoms with van der Waals surface area (Å²) in [7, 11) is -2.46. The van der Waals surface area contributed by atoms with Crippen molar-refractivity contribution in [3.8, 4) is 16.9 Å². The summed E-state index contributed by atoms with van der Waals surface area (Å²) in [5.74, 6) is -0.538. The molecule has 1 heterocycles.